The van der Waals surface area contributed by atoms with Crippen LogP contribution >= 0.6 is 11.6 Å². The van der Waals surface area contributed by atoms with Crippen LogP contribution in [0.1, 0.15) is 18.4 Å². The van der Waals surface area contributed by atoms with Gasteiger partial charge < -0.3 is 9.64 Å². The summed E-state index contributed by atoms with van der Waals surface area (Å²) in [4.78, 5) is 15.2. The lowest BCUT2D eigenvalue weighted by molar-refractivity contribution is -0.120. The van der Waals surface area contributed by atoms with Gasteiger partial charge in [-0.25, -0.2) is 0 Å². The zero-order chi connectivity index (χ0) is 21.9. The Hall–Kier alpha value is -2.90. The zero-order valence-corrected chi connectivity index (χ0v) is 18.6. The van der Waals surface area contributed by atoms with Gasteiger partial charge in [-0.2, -0.15) is 0 Å². The second-order valence-corrected chi connectivity index (χ2v) is 9.70. The van der Waals surface area contributed by atoms with Crippen molar-refractivity contribution in [2.45, 2.75) is 25.4 Å². The number of benzene rings is 1. The number of fused-ring (bicyclic) bond motifs is 2. The quantitative estimate of drug-likeness (QED) is 0.467. The van der Waals surface area contributed by atoms with Crippen molar-refractivity contribution in [3.63, 3.8) is 0 Å². The molecule has 7 nitrogen and oxygen atoms in total. The molecule has 32 heavy (non-hydrogen) atoms. The monoisotopic (exact) mass is 449 g/mol. The van der Waals surface area contributed by atoms with Crippen LogP contribution in [0.25, 0.3) is 16.4 Å². The minimum Gasteiger partial charge on any atom is -0.475 e. The number of halogens is 1. The molecule has 1 aromatic carbocycles. The summed E-state index contributed by atoms with van der Waals surface area (Å²) in [5, 5.41) is 9.90. The van der Waals surface area contributed by atoms with Crippen LogP contribution in [-0.4, -0.2) is 49.8 Å². The lowest BCUT2D eigenvalue weighted by atomic mass is 9.61. The van der Waals surface area contributed by atoms with Gasteiger partial charge in [0.1, 0.15) is 12.4 Å². The lowest BCUT2D eigenvalue weighted by Gasteiger charge is -2.58. The van der Waals surface area contributed by atoms with E-state index in [1.807, 2.05) is 28.8 Å². The van der Waals surface area contributed by atoms with Crippen LogP contribution in [-0.2, 0) is 13.5 Å². The maximum absolute atomic E-state index is 12.7. The number of ether oxygens (including phenoxy) is 1. The van der Waals surface area contributed by atoms with Gasteiger partial charge in [0.05, 0.1) is 10.4 Å². The Morgan fingerprint density at radius 3 is 2.91 bits per heavy atom. The Bertz CT molecular complexity index is 1380. The minimum absolute atomic E-state index is 0.115. The predicted molar refractivity (Wildman–Crippen MR) is 123 cm³/mol. The molecule has 0 radical (unpaired) electrons. The Morgan fingerprint density at radius 2 is 2.06 bits per heavy atom. The van der Waals surface area contributed by atoms with Crippen LogP contribution < -0.4 is 10.3 Å². The predicted octanol–water partition coefficient (Wildman–Crippen LogP) is 3.32. The molecule has 164 valence electrons. The second kappa shape index (κ2) is 7.32. The first-order chi connectivity index (χ1) is 15.5. The van der Waals surface area contributed by atoms with Crippen LogP contribution in [0.3, 0.4) is 0 Å². The van der Waals surface area contributed by atoms with Crippen molar-refractivity contribution in [1.29, 1.82) is 0 Å². The third kappa shape index (κ3) is 3.27. The molecule has 0 atom stereocenters. The van der Waals surface area contributed by atoms with Gasteiger partial charge in [0, 0.05) is 44.4 Å². The van der Waals surface area contributed by atoms with Crippen LogP contribution in [0.2, 0.25) is 5.02 Å². The average molecular weight is 450 g/mol. The third-order valence-electron chi connectivity index (χ3n) is 6.98. The summed E-state index contributed by atoms with van der Waals surface area (Å²) in [6.07, 6.45) is 6.99. The lowest BCUT2D eigenvalue weighted by Crippen LogP contribution is -2.64. The molecule has 0 amide bonds. The maximum Gasteiger partial charge on any atom is 0.262 e. The van der Waals surface area contributed by atoms with Crippen LogP contribution in [0.4, 0.5) is 0 Å². The highest BCUT2D eigenvalue weighted by atomic mass is 35.5. The van der Waals surface area contributed by atoms with Gasteiger partial charge in [-0.1, -0.05) is 23.7 Å². The van der Waals surface area contributed by atoms with Crippen LogP contribution in [0.5, 0.6) is 5.88 Å². The number of nitrogens with zero attached hydrogens (tertiary/aromatic N) is 5. The summed E-state index contributed by atoms with van der Waals surface area (Å²) in [7, 11) is 1.75. The van der Waals surface area contributed by atoms with Gasteiger partial charge in [0.15, 0.2) is 11.5 Å². The van der Waals surface area contributed by atoms with Gasteiger partial charge in [-0.15, -0.1) is 10.2 Å². The van der Waals surface area contributed by atoms with Crippen molar-refractivity contribution < 1.29 is 4.74 Å². The molecular formula is C24H24ClN5O2. The average Bonchev–Trinajstić information content (AvgIpc) is 3.19. The molecule has 8 heteroatoms. The molecule has 1 spiro atoms. The summed E-state index contributed by atoms with van der Waals surface area (Å²) in [6, 6.07) is 11.7. The molecular weight excluding hydrogens is 426 g/mol. The fourth-order valence-electron chi connectivity index (χ4n) is 5.28. The molecule has 0 N–H and O–H groups in total. The van der Waals surface area contributed by atoms with Gasteiger partial charge in [0.25, 0.3) is 5.56 Å². The van der Waals surface area contributed by atoms with E-state index in [1.54, 1.807) is 24.0 Å². The first kappa shape index (κ1) is 19.8. The summed E-state index contributed by atoms with van der Waals surface area (Å²) < 4.78 is 9.72. The molecule has 1 aliphatic carbocycles. The molecule has 6 rings (SSSR count). The minimum atomic E-state index is -0.115. The van der Waals surface area contributed by atoms with E-state index in [1.165, 1.54) is 5.56 Å². The maximum atomic E-state index is 12.7. The number of pyridine rings is 2. The first-order valence-corrected chi connectivity index (χ1v) is 11.3. The van der Waals surface area contributed by atoms with Crippen molar-refractivity contribution in [3.05, 3.63) is 69.9 Å². The van der Waals surface area contributed by atoms with Gasteiger partial charge in [-0.05, 0) is 48.4 Å². The standard InChI is InChI=1S/C24H24ClN5O2/c1-28-21(10-17-3-2-4-19(25)22(17)23(28)31)32-18-11-24(12-18)13-29(14-24)7-5-16-6-8-30-15-26-27-20(30)9-16/h2-4,6,8-10,15,18H,5,7,11-14H2,1H3. The van der Waals surface area contributed by atoms with Crippen LogP contribution in [0.15, 0.2) is 53.7 Å². The van der Waals surface area contributed by atoms with Crippen LogP contribution in [0, 0.1) is 5.41 Å². The fourth-order valence-corrected chi connectivity index (χ4v) is 5.54. The zero-order valence-electron chi connectivity index (χ0n) is 17.9. The molecule has 4 aromatic rings. The topological polar surface area (TPSA) is 64.7 Å². The third-order valence-corrected chi connectivity index (χ3v) is 7.30. The number of likely N-dealkylation sites (tertiary alicyclic amines) is 1. The van der Waals surface area contributed by atoms with E-state index in [2.05, 4.69) is 27.2 Å². The SMILES string of the molecule is Cn1c(OC2CC3(C2)CN(CCc2ccn4cnnc4c2)C3)cc2cccc(Cl)c2c1=O. The fraction of sp³-hybridized carbons (Fsp3) is 0.375. The highest BCUT2D eigenvalue weighted by molar-refractivity contribution is 6.35. The number of hydrogen-bond donors (Lipinski definition) is 0. The van der Waals surface area contributed by atoms with E-state index in [9.17, 15) is 4.79 Å². The molecule has 0 unspecified atom stereocenters. The van der Waals surface area contributed by atoms with Crippen molar-refractivity contribution >= 4 is 28.0 Å². The number of rotatable bonds is 5. The van der Waals surface area contributed by atoms with E-state index < -0.39 is 0 Å². The van der Waals surface area contributed by atoms with E-state index >= 15 is 0 Å². The van der Waals surface area contributed by atoms with Crippen molar-refractivity contribution in [2.75, 3.05) is 19.6 Å². The summed E-state index contributed by atoms with van der Waals surface area (Å²) in [5.41, 5.74) is 2.45. The van der Waals surface area contributed by atoms with Crippen molar-refractivity contribution in [2.24, 2.45) is 12.5 Å². The van der Waals surface area contributed by atoms with E-state index in [0.29, 0.717) is 21.7 Å². The largest absolute Gasteiger partial charge is 0.475 e. The van der Waals surface area contributed by atoms with E-state index in [0.717, 1.165) is 49.9 Å². The number of aromatic nitrogens is 4. The smallest absolute Gasteiger partial charge is 0.262 e. The summed E-state index contributed by atoms with van der Waals surface area (Å²) >= 11 is 6.23. The normalized spacial score (nSPS) is 18.2. The number of hydrogen-bond acceptors (Lipinski definition) is 5. The molecule has 4 heterocycles. The van der Waals surface area contributed by atoms with Gasteiger partial charge in [0.2, 0.25) is 0 Å². The molecule has 1 aliphatic heterocycles. The highest BCUT2D eigenvalue weighted by Crippen LogP contribution is 2.49. The molecule has 0 bridgehead atoms. The van der Waals surface area contributed by atoms with Gasteiger partial charge >= 0.3 is 0 Å². The summed E-state index contributed by atoms with van der Waals surface area (Å²) in [6.45, 7) is 3.29. The molecule has 2 fully saturated rings. The first-order valence-electron chi connectivity index (χ1n) is 11.0. The Morgan fingerprint density at radius 1 is 1.22 bits per heavy atom. The van der Waals surface area contributed by atoms with E-state index in [-0.39, 0.29) is 11.7 Å². The van der Waals surface area contributed by atoms with Crippen molar-refractivity contribution in [1.82, 2.24) is 24.1 Å². The highest BCUT2D eigenvalue weighted by Gasteiger charge is 2.53. The molecule has 1 saturated heterocycles. The molecule has 1 saturated carbocycles. The van der Waals surface area contributed by atoms with E-state index in [4.69, 9.17) is 16.3 Å². The second-order valence-electron chi connectivity index (χ2n) is 9.29. The molecule has 3 aromatic heterocycles. The van der Waals surface area contributed by atoms with Crippen molar-refractivity contribution in [3.8, 4) is 5.88 Å². The Labute approximate surface area is 190 Å². The van der Waals surface area contributed by atoms with Gasteiger partial charge in [-0.3, -0.25) is 13.8 Å². The Balaban J connectivity index is 1.04. The Kier molecular flexibility index (Phi) is 4.52. The molecule has 2 aliphatic rings. The summed E-state index contributed by atoms with van der Waals surface area (Å²) in [5.74, 6) is 0.615.